The molecule has 0 spiro atoms. The van der Waals surface area contributed by atoms with Gasteiger partial charge in [-0.3, -0.25) is 0 Å². The molecule has 0 aromatic carbocycles. The van der Waals surface area contributed by atoms with Crippen molar-refractivity contribution in [2.24, 2.45) is 0 Å². The quantitative estimate of drug-likeness (QED) is 0.785. The van der Waals surface area contributed by atoms with Crippen molar-refractivity contribution in [3.63, 3.8) is 0 Å². The lowest BCUT2D eigenvalue weighted by Crippen LogP contribution is -2.35. The van der Waals surface area contributed by atoms with Gasteiger partial charge in [-0.15, -0.1) is 11.3 Å². The molecule has 0 aliphatic carbocycles. The van der Waals surface area contributed by atoms with Crippen LogP contribution in [0.1, 0.15) is 9.67 Å². The van der Waals surface area contributed by atoms with Crippen LogP contribution in [0.25, 0.3) is 0 Å². The summed E-state index contributed by atoms with van der Waals surface area (Å²) in [5.74, 6) is -0.295. The summed E-state index contributed by atoms with van der Waals surface area (Å²) in [6, 6.07) is 1.96. The molecule has 0 radical (unpaired) electrons. The Morgan fingerprint density at radius 2 is 2.25 bits per heavy atom. The number of thiophene rings is 1. The van der Waals surface area contributed by atoms with Crippen molar-refractivity contribution in [3.8, 4) is 0 Å². The number of carbonyl (C=O) groups is 1. The first-order chi connectivity index (χ1) is 7.72. The lowest BCUT2D eigenvalue weighted by Gasteiger charge is -2.27. The summed E-state index contributed by atoms with van der Waals surface area (Å²) in [6.45, 7) is 3.22. The Morgan fingerprint density at radius 3 is 2.88 bits per heavy atom. The van der Waals surface area contributed by atoms with E-state index in [0.717, 1.165) is 35.8 Å². The molecule has 1 fully saturated rings. The highest BCUT2D eigenvalue weighted by Crippen LogP contribution is 2.34. The lowest BCUT2D eigenvalue weighted by molar-refractivity contribution is 0.0605. The molecular formula is C10H12BrNO3S. The summed E-state index contributed by atoms with van der Waals surface area (Å²) in [6.07, 6.45) is 0. The maximum atomic E-state index is 11.4. The van der Waals surface area contributed by atoms with Crippen LogP contribution < -0.4 is 4.90 Å². The van der Waals surface area contributed by atoms with Crippen LogP contribution in [-0.2, 0) is 9.47 Å². The molecule has 2 rings (SSSR count). The first-order valence-electron chi connectivity index (χ1n) is 4.92. The summed E-state index contributed by atoms with van der Waals surface area (Å²) in [7, 11) is 1.39. The fourth-order valence-corrected chi connectivity index (χ4v) is 3.32. The van der Waals surface area contributed by atoms with Crippen molar-refractivity contribution in [2.45, 2.75) is 0 Å². The predicted molar refractivity (Wildman–Crippen MR) is 66.4 cm³/mol. The highest BCUT2D eigenvalue weighted by atomic mass is 79.9. The third-order valence-electron chi connectivity index (χ3n) is 2.37. The number of morpholine rings is 1. The Bertz CT molecular complexity index is 387. The van der Waals surface area contributed by atoms with Gasteiger partial charge < -0.3 is 14.4 Å². The van der Waals surface area contributed by atoms with Gasteiger partial charge in [0.1, 0.15) is 4.88 Å². The summed E-state index contributed by atoms with van der Waals surface area (Å²) in [4.78, 5) is 14.3. The van der Waals surface area contributed by atoms with Gasteiger partial charge in [0.2, 0.25) is 0 Å². The zero-order chi connectivity index (χ0) is 11.5. The van der Waals surface area contributed by atoms with Crippen molar-refractivity contribution in [1.29, 1.82) is 0 Å². The van der Waals surface area contributed by atoms with Gasteiger partial charge in [-0.05, 0) is 22.0 Å². The molecule has 1 aliphatic heterocycles. The van der Waals surface area contributed by atoms with Gasteiger partial charge in [-0.25, -0.2) is 4.79 Å². The lowest BCUT2D eigenvalue weighted by atomic mass is 10.4. The van der Waals surface area contributed by atoms with Crippen molar-refractivity contribution < 1.29 is 14.3 Å². The van der Waals surface area contributed by atoms with Crippen molar-refractivity contribution >= 4 is 38.2 Å². The topological polar surface area (TPSA) is 38.8 Å². The van der Waals surface area contributed by atoms with Gasteiger partial charge in [0.15, 0.2) is 0 Å². The average Bonchev–Trinajstić information content (AvgIpc) is 2.71. The van der Waals surface area contributed by atoms with Crippen LogP contribution in [0, 0.1) is 0 Å². The van der Waals surface area contributed by atoms with Crippen molar-refractivity contribution in [1.82, 2.24) is 0 Å². The molecule has 0 atom stereocenters. The number of halogens is 1. The van der Waals surface area contributed by atoms with Gasteiger partial charge in [-0.1, -0.05) is 0 Å². The summed E-state index contributed by atoms with van der Waals surface area (Å²) >= 11 is 4.82. The van der Waals surface area contributed by atoms with Gasteiger partial charge >= 0.3 is 5.97 Å². The minimum Gasteiger partial charge on any atom is -0.465 e. The molecular weight excluding hydrogens is 294 g/mol. The van der Waals surface area contributed by atoms with E-state index >= 15 is 0 Å². The van der Waals surface area contributed by atoms with E-state index in [1.165, 1.54) is 18.4 Å². The highest BCUT2D eigenvalue weighted by Gasteiger charge is 2.19. The maximum absolute atomic E-state index is 11.4. The number of esters is 1. The Hall–Kier alpha value is -0.590. The summed E-state index contributed by atoms with van der Waals surface area (Å²) in [5.41, 5.74) is 0. The molecule has 1 aliphatic rings. The first kappa shape index (κ1) is 11.9. The van der Waals surface area contributed by atoms with E-state index in [0.29, 0.717) is 4.88 Å². The molecule has 0 bridgehead atoms. The van der Waals surface area contributed by atoms with E-state index in [1.54, 1.807) is 0 Å². The number of hydrogen-bond donors (Lipinski definition) is 0. The number of hydrogen-bond acceptors (Lipinski definition) is 5. The maximum Gasteiger partial charge on any atom is 0.349 e. The number of methoxy groups -OCH3 is 1. The second-order valence-corrected chi connectivity index (χ2v) is 5.24. The second kappa shape index (κ2) is 5.16. The molecule has 0 amide bonds. The Labute approximate surface area is 106 Å². The minimum absolute atomic E-state index is 0.295. The van der Waals surface area contributed by atoms with E-state index in [2.05, 4.69) is 20.8 Å². The van der Waals surface area contributed by atoms with Crippen LogP contribution in [0.3, 0.4) is 0 Å². The molecule has 1 saturated heterocycles. The van der Waals surface area contributed by atoms with E-state index in [4.69, 9.17) is 9.47 Å². The van der Waals surface area contributed by atoms with Crippen molar-refractivity contribution in [2.75, 3.05) is 38.3 Å². The fourth-order valence-electron chi connectivity index (χ4n) is 1.53. The largest absolute Gasteiger partial charge is 0.465 e. The smallest absolute Gasteiger partial charge is 0.349 e. The number of carbonyl (C=O) groups excluding carboxylic acids is 1. The molecule has 0 N–H and O–H groups in total. The fraction of sp³-hybridized carbons (Fsp3) is 0.500. The predicted octanol–water partition coefficient (Wildman–Crippen LogP) is 2.13. The van der Waals surface area contributed by atoms with Crippen LogP contribution in [-0.4, -0.2) is 39.4 Å². The zero-order valence-electron chi connectivity index (χ0n) is 8.86. The van der Waals surface area contributed by atoms with Crippen LogP contribution in [0.5, 0.6) is 0 Å². The van der Waals surface area contributed by atoms with Gasteiger partial charge in [0, 0.05) is 17.6 Å². The second-order valence-electron chi connectivity index (χ2n) is 3.35. The van der Waals surface area contributed by atoms with Crippen LogP contribution in [0.4, 0.5) is 5.00 Å². The van der Waals surface area contributed by atoms with E-state index in [-0.39, 0.29) is 5.97 Å². The molecule has 0 unspecified atom stereocenters. The van der Waals surface area contributed by atoms with Gasteiger partial charge in [-0.2, -0.15) is 0 Å². The molecule has 2 heterocycles. The average molecular weight is 306 g/mol. The van der Waals surface area contributed by atoms with E-state index < -0.39 is 0 Å². The number of rotatable bonds is 2. The molecule has 1 aromatic heterocycles. The molecule has 16 heavy (non-hydrogen) atoms. The monoisotopic (exact) mass is 305 g/mol. The van der Waals surface area contributed by atoms with E-state index in [1.807, 2.05) is 6.07 Å². The van der Waals surface area contributed by atoms with Gasteiger partial charge in [0.05, 0.1) is 25.3 Å². The first-order valence-corrected chi connectivity index (χ1v) is 6.53. The Balaban J connectivity index is 2.19. The molecule has 6 heteroatoms. The number of anilines is 1. The molecule has 0 saturated carbocycles. The zero-order valence-corrected chi connectivity index (χ0v) is 11.3. The highest BCUT2D eigenvalue weighted by molar-refractivity contribution is 9.10. The van der Waals surface area contributed by atoms with Crippen LogP contribution in [0.15, 0.2) is 10.5 Å². The number of ether oxygens (including phenoxy) is 2. The Morgan fingerprint density at radius 1 is 1.56 bits per heavy atom. The third-order valence-corrected chi connectivity index (χ3v) is 4.43. The Kier molecular flexibility index (Phi) is 3.83. The normalized spacial score (nSPS) is 16.2. The molecule has 88 valence electrons. The summed E-state index contributed by atoms with van der Waals surface area (Å²) in [5, 5.41) is 1.08. The van der Waals surface area contributed by atoms with E-state index in [9.17, 15) is 4.79 Å². The minimum atomic E-state index is -0.295. The van der Waals surface area contributed by atoms with Crippen LogP contribution in [0.2, 0.25) is 0 Å². The summed E-state index contributed by atoms with van der Waals surface area (Å²) < 4.78 is 10.8. The molecule has 1 aromatic rings. The van der Waals surface area contributed by atoms with Gasteiger partial charge in [0.25, 0.3) is 0 Å². The van der Waals surface area contributed by atoms with Crippen molar-refractivity contribution in [3.05, 3.63) is 15.4 Å². The SMILES string of the molecule is COC(=O)c1sc(N2CCOCC2)cc1Br. The number of nitrogens with zero attached hydrogens (tertiary/aromatic N) is 1. The van der Waals surface area contributed by atoms with Crippen LogP contribution >= 0.6 is 27.3 Å². The molecule has 4 nitrogen and oxygen atoms in total. The third kappa shape index (κ3) is 2.39. The standard InChI is InChI=1S/C10H12BrNO3S/c1-14-10(13)9-7(11)6-8(16-9)12-2-4-15-5-3-12/h6H,2-5H2,1H3.